The Morgan fingerprint density at radius 2 is 2.16 bits per heavy atom. The summed E-state index contributed by atoms with van der Waals surface area (Å²) >= 11 is 0. The van der Waals surface area contributed by atoms with Gasteiger partial charge in [-0.15, -0.1) is 0 Å². The van der Waals surface area contributed by atoms with Gasteiger partial charge in [0.1, 0.15) is 11.3 Å². The Hall–Kier alpha value is -2.34. The number of benzene rings is 1. The van der Waals surface area contributed by atoms with Crippen molar-refractivity contribution in [2.45, 2.75) is 6.04 Å². The molecule has 0 radical (unpaired) electrons. The smallest absolute Gasteiger partial charge is 0.324 e. The standard InChI is InChI=1S/C13H13N3O3/c14-9(7-16-12(17)6-15-13(16)18)11-5-8-3-1-2-4-10(8)19-11/h1-5,9H,6-7,14H2,(H,15,18). The topological polar surface area (TPSA) is 88.6 Å². The van der Waals surface area contributed by atoms with Crippen molar-refractivity contribution in [1.82, 2.24) is 10.2 Å². The molecule has 3 N–H and O–H groups in total. The number of imide groups is 1. The molecule has 1 aromatic heterocycles. The molecule has 98 valence electrons. The number of para-hydroxylation sites is 1. The molecular formula is C13H13N3O3. The Morgan fingerprint density at radius 1 is 1.37 bits per heavy atom. The average Bonchev–Trinajstić information content (AvgIpc) is 2.97. The molecule has 3 rings (SSSR count). The Balaban J connectivity index is 1.81. The van der Waals surface area contributed by atoms with Crippen molar-refractivity contribution in [3.05, 3.63) is 36.1 Å². The van der Waals surface area contributed by atoms with Crippen LogP contribution in [0.5, 0.6) is 0 Å². The van der Waals surface area contributed by atoms with E-state index in [2.05, 4.69) is 5.32 Å². The van der Waals surface area contributed by atoms with Gasteiger partial charge in [-0.3, -0.25) is 9.69 Å². The number of nitrogens with two attached hydrogens (primary N) is 1. The molecule has 1 aliphatic heterocycles. The monoisotopic (exact) mass is 259 g/mol. The van der Waals surface area contributed by atoms with Crippen LogP contribution in [-0.4, -0.2) is 29.9 Å². The lowest BCUT2D eigenvalue weighted by atomic mass is 10.2. The van der Waals surface area contributed by atoms with E-state index in [-0.39, 0.29) is 19.0 Å². The van der Waals surface area contributed by atoms with Gasteiger partial charge in [-0.05, 0) is 12.1 Å². The Bertz CT molecular complexity index is 600. The molecule has 0 spiro atoms. The van der Waals surface area contributed by atoms with Gasteiger partial charge in [0.25, 0.3) is 0 Å². The van der Waals surface area contributed by atoms with Crippen LogP contribution >= 0.6 is 0 Å². The summed E-state index contributed by atoms with van der Waals surface area (Å²) in [6.45, 7) is 0.149. The molecule has 3 amide bonds. The normalized spacial score (nSPS) is 17.0. The number of urea groups is 1. The second kappa shape index (κ2) is 4.40. The van der Waals surface area contributed by atoms with Gasteiger partial charge in [0.15, 0.2) is 0 Å². The Labute approximate surface area is 109 Å². The van der Waals surface area contributed by atoms with Crippen LogP contribution in [0.15, 0.2) is 34.7 Å². The molecule has 2 heterocycles. The lowest BCUT2D eigenvalue weighted by Gasteiger charge is -2.16. The van der Waals surface area contributed by atoms with Gasteiger partial charge in [-0.1, -0.05) is 18.2 Å². The zero-order valence-corrected chi connectivity index (χ0v) is 10.1. The molecule has 1 fully saturated rings. The van der Waals surface area contributed by atoms with Crippen molar-refractivity contribution in [3.63, 3.8) is 0 Å². The molecule has 6 nitrogen and oxygen atoms in total. The lowest BCUT2D eigenvalue weighted by Crippen LogP contribution is -2.37. The minimum atomic E-state index is -0.528. The molecule has 1 aromatic carbocycles. The predicted octanol–water partition coefficient (Wildman–Crippen LogP) is 0.984. The van der Waals surface area contributed by atoms with Gasteiger partial charge in [0.2, 0.25) is 5.91 Å². The minimum absolute atomic E-state index is 0.0334. The van der Waals surface area contributed by atoms with E-state index in [4.69, 9.17) is 10.2 Å². The SMILES string of the molecule is NC(CN1C(=O)CNC1=O)c1cc2ccccc2o1. The van der Waals surface area contributed by atoms with E-state index in [1.54, 1.807) is 0 Å². The van der Waals surface area contributed by atoms with Crippen molar-refractivity contribution in [1.29, 1.82) is 0 Å². The molecule has 1 atom stereocenters. The first kappa shape index (κ1) is 11.7. The van der Waals surface area contributed by atoms with Gasteiger partial charge < -0.3 is 15.5 Å². The molecule has 6 heteroatoms. The van der Waals surface area contributed by atoms with Gasteiger partial charge >= 0.3 is 6.03 Å². The number of hydrogen-bond donors (Lipinski definition) is 2. The molecular weight excluding hydrogens is 246 g/mol. The van der Waals surface area contributed by atoms with Gasteiger partial charge in [0, 0.05) is 5.39 Å². The maximum atomic E-state index is 11.5. The van der Waals surface area contributed by atoms with E-state index >= 15 is 0 Å². The predicted molar refractivity (Wildman–Crippen MR) is 68.3 cm³/mol. The molecule has 2 aromatic rings. The van der Waals surface area contributed by atoms with Gasteiger partial charge in [0.05, 0.1) is 19.1 Å². The second-order valence-corrected chi connectivity index (χ2v) is 4.46. The number of furan rings is 1. The first-order valence-corrected chi connectivity index (χ1v) is 5.97. The number of fused-ring (bicyclic) bond motifs is 1. The fraction of sp³-hybridized carbons (Fsp3) is 0.231. The minimum Gasteiger partial charge on any atom is -0.459 e. The molecule has 0 aliphatic carbocycles. The number of nitrogens with one attached hydrogen (secondary N) is 1. The molecule has 19 heavy (non-hydrogen) atoms. The fourth-order valence-corrected chi connectivity index (χ4v) is 2.11. The Morgan fingerprint density at radius 3 is 2.84 bits per heavy atom. The summed E-state index contributed by atoms with van der Waals surface area (Å²) in [6.07, 6.45) is 0. The summed E-state index contributed by atoms with van der Waals surface area (Å²) in [5.41, 5.74) is 6.74. The summed E-state index contributed by atoms with van der Waals surface area (Å²) < 4.78 is 5.62. The maximum Gasteiger partial charge on any atom is 0.324 e. The summed E-state index contributed by atoms with van der Waals surface area (Å²) in [6, 6.07) is 8.45. The number of carbonyl (C=O) groups is 2. The van der Waals surface area contributed by atoms with Gasteiger partial charge in [-0.25, -0.2) is 4.79 Å². The van der Waals surface area contributed by atoms with Crippen LogP contribution in [0.4, 0.5) is 4.79 Å². The largest absolute Gasteiger partial charge is 0.459 e. The number of amides is 3. The van der Waals surface area contributed by atoms with E-state index in [0.717, 1.165) is 15.9 Å². The van der Waals surface area contributed by atoms with Crippen molar-refractivity contribution < 1.29 is 14.0 Å². The zero-order chi connectivity index (χ0) is 13.4. The summed E-state index contributed by atoms with van der Waals surface area (Å²) in [5, 5.41) is 3.40. The molecule has 0 saturated carbocycles. The maximum absolute atomic E-state index is 11.5. The van der Waals surface area contributed by atoms with Crippen molar-refractivity contribution >= 4 is 22.9 Å². The highest BCUT2D eigenvalue weighted by molar-refractivity contribution is 6.02. The highest BCUT2D eigenvalue weighted by atomic mass is 16.3. The van der Waals surface area contributed by atoms with Crippen LogP contribution in [0.2, 0.25) is 0 Å². The van der Waals surface area contributed by atoms with Crippen LogP contribution < -0.4 is 11.1 Å². The highest BCUT2D eigenvalue weighted by Gasteiger charge is 2.30. The first-order chi connectivity index (χ1) is 9.15. The number of carbonyl (C=O) groups excluding carboxylic acids is 2. The number of hydrogen-bond acceptors (Lipinski definition) is 4. The number of rotatable bonds is 3. The van der Waals surface area contributed by atoms with E-state index in [9.17, 15) is 9.59 Å². The second-order valence-electron chi connectivity index (χ2n) is 4.46. The van der Waals surface area contributed by atoms with Crippen molar-refractivity contribution in [2.24, 2.45) is 5.73 Å². The van der Waals surface area contributed by atoms with E-state index in [0.29, 0.717) is 5.76 Å². The lowest BCUT2D eigenvalue weighted by molar-refractivity contribution is -0.125. The van der Waals surface area contributed by atoms with Crippen LogP contribution in [0, 0.1) is 0 Å². The average molecular weight is 259 g/mol. The van der Waals surface area contributed by atoms with Crippen LogP contribution in [0.25, 0.3) is 11.0 Å². The summed E-state index contributed by atoms with van der Waals surface area (Å²) in [4.78, 5) is 24.0. The molecule has 0 bridgehead atoms. The van der Waals surface area contributed by atoms with E-state index in [1.807, 2.05) is 30.3 Å². The molecule has 1 unspecified atom stereocenters. The van der Waals surface area contributed by atoms with E-state index < -0.39 is 12.1 Å². The van der Waals surface area contributed by atoms with Crippen molar-refractivity contribution in [2.75, 3.05) is 13.1 Å². The van der Waals surface area contributed by atoms with E-state index in [1.165, 1.54) is 0 Å². The number of nitrogens with zero attached hydrogens (tertiary/aromatic N) is 1. The Kier molecular flexibility index (Phi) is 2.72. The highest BCUT2D eigenvalue weighted by Crippen LogP contribution is 2.23. The zero-order valence-electron chi connectivity index (χ0n) is 10.1. The quantitative estimate of drug-likeness (QED) is 0.804. The van der Waals surface area contributed by atoms with Crippen LogP contribution in [0.3, 0.4) is 0 Å². The molecule has 1 saturated heterocycles. The van der Waals surface area contributed by atoms with Crippen LogP contribution in [0.1, 0.15) is 11.8 Å². The summed E-state index contributed by atoms with van der Waals surface area (Å²) in [5.74, 6) is 0.297. The van der Waals surface area contributed by atoms with Crippen molar-refractivity contribution in [3.8, 4) is 0 Å². The fourth-order valence-electron chi connectivity index (χ4n) is 2.11. The summed E-state index contributed by atoms with van der Waals surface area (Å²) in [7, 11) is 0. The van der Waals surface area contributed by atoms with Crippen LogP contribution in [-0.2, 0) is 4.79 Å². The molecule has 1 aliphatic rings. The third-order valence-electron chi connectivity index (χ3n) is 3.13. The first-order valence-electron chi connectivity index (χ1n) is 5.97. The third kappa shape index (κ3) is 2.06. The third-order valence-corrected chi connectivity index (χ3v) is 3.13. The van der Waals surface area contributed by atoms with Gasteiger partial charge in [-0.2, -0.15) is 0 Å².